The van der Waals surface area contributed by atoms with Crippen molar-refractivity contribution in [3.63, 3.8) is 0 Å². The molecule has 94 valence electrons. The Balaban J connectivity index is 2.00. The Morgan fingerprint density at radius 1 is 1.29 bits per heavy atom. The van der Waals surface area contributed by atoms with E-state index in [1.165, 1.54) is 19.1 Å². The lowest BCUT2D eigenvalue weighted by Gasteiger charge is -2.14. The van der Waals surface area contributed by atoms with Crippen LogP contribution in [0, 0.1) is 5.92 Å². The molecule has 0 heterocycles. The lowest BCUT2D eigenvalue weighted by Crippen LogP contribution is -2.21. The summed E-state index contributed by atoms with van der Waals surface area (Å²) in [5.41, 5.74) is 1.14. The third-order valence-electron chi connectivity index (χ3n) is 3.22. The van der Waals surface area contributed by atoms with Crippen LogP contribution < -0.4 is 5.32 Å². The fourth-order valence-electron chi connectivity index (χ4n) is 1.79. The van der Waals surface area contributed by atoms with Gasteiger partial charge in [-0.2, -0.15) is 0 Å². The van der Waals surface area contributed by atoms with Crippen LogP contribution in [0.25, 0.3) is 0 Å². The molecule has 0 bridgehead atoms. The summed E-state index contributed by atoms with van der Waals surface area (Å²) in [4.78, 5) is 0.385. The van der Waals surface area contributed by atoms with Crippen LogP contribution in [0.1, 0.15) is 31.4 Å². The minimum atomic E-state index is -3.08. The van der Waals surface area contributed by atoms with E-state index in [0.717, 1.165) is 18.0 Å². The van der Waals surface area contributed by atoms with Gasteiger partial charge in [-0.25, -0.2) is 8.42 Å². The summed E-state index contributed by atoms with van der Waals surface area (Å²) in [6.07, 6.45) is 3.91. The molecule has 0 saturated heterocycles. The standard InChI is InChI=1S/C13H19NO2S/c1-10(14-9-11-3-4-11)12-5-7-13(8-6-12)17(2,15)16/h5-8,10-11,14H,3-4,9H2,1-2H3. The maximum atomic E-state index is 11.3. The van der Waals surface area contributed by atoms with Gasteiger partial charge in [-0.3, -0.25) is 0 Å². The normalized spacial score (nSPS) is 18.0. The van der Waals surface area contributed by atoms with Crippen molar-refractivity contribution in [2.75, 3.05) is 12.8 Å². The molecule has 17 heavy (non-hydrogen) atoms. The van der Waals surface area contributed by atoms with Crippen molar-refractivity contribution >= 4 is 9.84 Å². The van der Waals surface area contributed by atoms with Gasteiger partial charge >= 0.3 is 0 Å². The number of rotatable bonds is 5. The second-order valence-corrected chi connectivity index (χ2v) is 6.93. The lowest BCUT2D eigenvalue weighted by atomic mass is 10.1. The van der Waals surface area contributed by atoms with Crippen LogP contribution >= 0.6 is 0 Å². The summed E-state index contributed by atoms with van der Waals surface area (Å²) in [5.74, 6) is 0.854. The highest BCUT2D eigenvalue weighted by atomic mass is 32.2. The zero-order valence-corrected chi connectivity index (χ0v) is 11.1. The van der Waals surface area contributed by atoms with Crippen LogP contribution in [-0.4, -0.2) is 21.2 Å². The van der Waals surface area contributed by atoms with E-state index in [9.17, 15) is 8.42 Å². The molecular formula is C13H19NO2S. The Kier molecular flexibility index (Phi) is 3.54. The molecule has 1 aromatic carbocycles. The van der Waals surface area contributed by atoms with Crippen molar-refractivity contribution in [3.05, 3.63) is 29.8 Å². The topological polar surface area (TPSA) is 46.2 Å². The van der Waals surface area contributed by atoms with Gasteiger partial charge in [0, 0.05) is 12.3 Å². The summed E-state index contributed by atoms with van der Waals surface area (Å²) in [6.45, 7) is 3.17. The van der Waals surface area contributed by atoms with Crippen molar-refractivity contribution in [2.45, 2.75) is 30.7 Å². The van der Waals surface area contributed by atoms with E-state index < -0.39 is 9.84 Å². The molecule has 1 aromatic rings. The van der Waals surface area contributed by atoms with E-state index in [-0.39, 0.29) is 6.04 Å². The quantitative estimate of drug-likeness (QED) is 0.874. The van der Waals surface area contributed by atoms with Gasteiger partial charge in [0.05, 0.1) is 4.90 Å². The molecule has 1 saturated carbocycles. The van der Waals surface area contributed by atoms with Gasteiger partial charge in [0.1, 0.15) is 0 Å². The maximum absolute atomic E-state index is 11.3. The maximum Gasteiger partial charge on any atom is 0.175 e. The highest BCUT2D eigenvalue weighted by molar-refractivity contribution is 7.90. The van der Waals surface area contributed by atoms with Crippen molar-refractivity contribution in [3.8, 4) is 0 Å². The molecule has 1 aliphatic rings. The fourth-order valence-corrected chi connectivity index (χ4v) is 2.42. The number of sulfone groups is 1. The van der Waals surface area contributed by atoms with Gasteiger partial charge in [-0.05, 0) is 49.9 Å². The van der Waals surface area contributed by atoms with Gasteiger partial charge in [-0.1, -0.05) is 12.1 Å². The Bertz CT molecular complexity index is 475. The summed E-state index contributed by atoms with van der Waals surface area (Å²) >= 11 is 0. The van der Waals surface area contributed by atoms with Crippen LogP contribution in [-0.2, 0) is 9.84 Å². The molecule has 1 N–H and O–H groups in total. The molecule has 1 atom stereocenters. The van der Waals surface area contributed by atoms with Crippen molar-refractivity contribution in [2.24, 2.45) is 5.92 Å². The minimum Gasteiger partial charge on any atom is -0.310 e. The van der Waals surface area contributed by atoms with Gasteiger partial charge in [0.2, 0.25) is 0 Å². The Morgan fingerprint density at radius 2 is 1.88 bits per heavy atom. The van der Waals surface area contributed by atoms with Crippen LogP contribution in [0.5, 0.6) is 0 Å². The summed E-state index contributed by atoms with van der Waals surface area (Å²) < 4.78 is 22.6. The SMILES string of the molecule is CC(NCC1CC1)c1ccc(S(C)(=O)=O)cc1. The Hall–Kier alpha value is -0.870. The van der Waals surface area contributed by atoms with E-state index in [2.05, 4.69) is 12.2 Å². The lowest BCUT2D eigenvalue weighted by molar-refractivity contribution is 0.548. The smallest absolute Gasteiger partial charge is 0.175 e. The molecule has 0 aliphatic heterocycles. The number of hydrogen-bond acceptors (Lipinski definition) is 3. The Labute approximate surface area is 103 Å². The molecule has 1 unspecified atom stereocenters. The van der Waals surface area contributed by atoms with Crippen LogP contribution in [0.15, 0.2) is 29.2 Å². The Morgan fingerprint density at radius 3 is 2.35 bits per heavy atom. The zero-order chi connectivity index (χ0) is 12.5. The average molecular weight is 253 g/mol. The predicted octanol–water partition coefficient (Wildman–Crippen LogP) is 2.15. The van der Waals surface area contributed by atoms with Gasteiger partial charge in [-0.15, -0.1) is 0 Å². The molecule has 3 nitrogen and oxygen atoms in total. The third kappa shape index (κ3) is 3.54. The first kappa shape index (κ1) is 12.6. The van der Waals surface area contributed by atoms with E-state index in [0.29, 0.717) is 4.90 Å². The summed E-state index contributed by atoms with van der Waals surface area (Å²) in [6, 6.07) is 7.42. The average Bonchev–Trinajstić information content (AvgIpc) is 3.09. The second-order valence-electron chi connectivity index (χ2n) is 4.91. The van der Waals surface area contributed by atoms with E-state index >= 15 is 0 Å². The van der Waals surface area contributed by atoms with Crippen molar-refractivity contribution < 1.29 is 8.42 Å². The minimum absolute atomic E-state index is 0.282. The largest absolute Gasteiger partial charge is 0.310 e. The molecule has 0 radical (unpaired) electrons. The van der Waals surface area contributed by atoms with E-state index in [1.54, 1.807) is 12.1 Å². The van der Waals surface area contributed by atoms with Gasteiger partial charge in [0.25, 0.3) is 0 Å². The van der Waals surface area contributed by atoms with Gasteiger partial charge < -0.3 is 5.32 Å². The third-order valence-corrected chi connectivity index (χ3v) is 4.35. The first-order valence-electron chi connectivity index (χ1n) is 6.00. The van der Waals surface area contributed by atoms with E-state index in [1.807, 2.05) is 12.1 Å². The van der Waals surface area contributed by atoms with Crippen LogP contribution in [0.2, 0.25) is 0 Å². The zero-order valence-electron chi connectivity index (χ0n) is 10.3. The molecule has 1 aliphatic carbocycles. The monoisotopic (exact) mass is 253 g/mol. The first-order chi connectivity index (χ1) is 7.97. The van der Waals surface area contributed by atoms with Crippen LogP contribution in [0.4, 0.5) is 0 Å². The molecule has 0 amide bonds. The molecular weight excluding hydrogens is 234 g/mol. The molecule has 0 aromatic heterocycles. The summed E-state index contributed by atoms with van der Waals surface area (Å²) in [5, 5.41) is 3.47. The number of nitrogens with one attached hydrogen (secondary N) is 1. The molecule has 4 heteroatoms. The predicted molar refractivity (Wildman–Crippen MR) is 68.7 cm³/mol. The second kappa shape index (κ2) is 4.78. The van der Waals surface area contributed by atoms with Crippen molar-refractivity contribution in [1.82, 2.24) is 5.32 Å². The highest BCUT2D eigenvalue weighted by Crippen LogP contribution is 2.28. The van der Waals surface area contributed by atoms with E-state index in [4.69, 9.17) is 0 Å². The fraction of sp³-hybridized carbons (Fsp3) is 0.538. The number of hydrogen-bond donors (Lipinski definition) is 1. The first-order valence-corrected chi connectivity index (χ1v) is 7.89. The van der Waals surface area contributed by atoms with Crippen molar-refractivity contribution in [1.29, 1.82) is 0 Å². The summed E-state index contributed by atoms with van der Waals surface area (Å²) in [7, 11) is -3.08. The highest BCUT2D eigenvalue weighted by Gasteiger charge is 2.21. The molecule has 0 spiro atoms. The van der Waals surface area contributed by atoms with Crippen LogP contribution in [0.3, 0.4) is 0 Å². The van der Waals surface area contributed by atoms with Gasteiger partial charge in [0.15, 0.2) is 9.84 Å². The molecule has 2 rings (SSSR count). The number of benzene rings is 1. The molecule has 1 fully saturated rings.